The lowest BCUT2D eigenvalue weighted by atomic mass is 10.2. The van der Waals surface area contributed by atoms with E-state index < -0.39 is 13.6 Å². The second-order valence-corrected chi connectivity index (χ2v) is 4.35. The number of hydrogen-bond donors (Lipinski definition) is 2. The van der Waals surface area contributed by atoms with Gasteiger partial charge in [-0.1, -0.05) is 6.42 Å². The van der Waals surface area contributed by atoms with Crippen LogP contribution in [0.4, 0.5) is 0 Å². The van der Waals surface area contributed by atoms with Crippen LogP contribution in [0.25, 0.3) is 0 Å². The fourth-order valence-electron chi connectivity index (χ4n) is 0.764. The summed E-state index contributed by atoms with van der Waals surface area (Å²) in [7, 11) is -3.89. The Labute approximate surface area is 70.6 Å². The van der Waals surface area contributed by atoms with Crippen LogP contribution in [0.1, 0.15) is 25.7 Å². The molecular weight excluding hydrogens is 183 g/mol. The van der Waals surface area contributed by atoms with Gasteiger partial charge in [0, 0.05) is 12.1 Å². The van der Waals surface area contributed by atoms with Crippen LogP contribution in [-0.2, 0) is 9.36 Å². The van der Waals surface area contributed by atoms with Crippen molar-refractivity contribution in [1.29, 1.82) is 0 Å². The molecule has 0 aliphatic heterocycles. The van der Waals surface area contributed by atoms with Gasteiger partial charge in [-0.25, -0.2) is 0 Å². The van der Waals surface area contributed by atoms with Crippen LogP contribution in [-0.4, -0.2) is 21.9 Å². The SMILES string of the molecule is O=C([O-])CCCCCP(=O)(O)O. The van der Waals surface area contributed by atoms with E-state index in [1.54, 1.807) is 0 Å². The zero-order chi connectivity index (χ0) is 9.61. The normalized spacial score (nSPS) is 11.5. The molecule has 0 aromatic rings. The maximum absolute atomic E-state index is 10.3. The van der Waals surface area contributed by atoms with Crippen molar-refractivity contribution in [2.45, 2.75) is 25.7 Å². The van der Waals surface area contributed by atoms with Gasteiger partial charge in [0.15, 0.2) is 0 Å². The van der Waals surface area contributed by atoms with Crippen molar-refractivity contribution in [2.24, 2.45) is 0 Å². The van der Waals surface area contributed by atoms with E-state index in [2.05, 4.69) is 0 Å². The van der Waals surface area contributed by atoms with E-state index in [0.717, 1.165) is 0 Å². The summed E-state index contributed by atoms with van der Waals surface area (Å²) in [6.45, 7) is 0. The molecule has 0 bridgehead atoms. The van der Waals surface area contributed by atoms with E-state index in [0.29, 0.717) is 19.3 Å². The fraction of sp³-hybridized carbons (Fsp3) is 0.833. The molecule has 0 atom stereocenters. The fourth-order valence-corrected chi connectivity index (χ4v) is 1.40. The number of aliphatic carboxylic acids is 1. The summed E-state index contributed by atoms with van der Waals surface area (Å²) in [5.74, 6) is -1.12. The van der Waals surface area contributed by atoms with E-state index >= 15 is 0 Å². The van der Waals surface area contributed by atoms with E-state index in [9.17, 15) is 14.5 Å². The molecule has 0 heterocycles. The highest BCUT2D eigenvalue weighted by Gasteiger charge is 2.10. The molecule has 6 heteroatoms. The average Bonchev–Trinajstić information content (AvgIpc) is 1.83. The van der Waals surface area contributed by atoms with Crippen LogP contribution in [0, 0.1) is 0 Å². The molecular formula is C6H12O5P-. The van der Waals surface area contributed by atoms with Crippen molar-refractivity contribution in [3.05, 3.63) is 0 Å². The highest BCUT2D eigenvalue weighted by atomic mass is 31.2. The Bertz CT molecular complexity index is 184. The molecule has 0 rings (SSSR count). The summed E-state index contributed by atoms with van der Waals surface area (Å²) in [6, 6.07) is 0. The molecule has 0 amide bonds. The molecule has 0 saturated heterocycles. The molecule has 0 spiro atoms. The van der Waals surface area contributed by atoms with Crippen molar-refractivity contribution in [2.75, 3.05) is 6.16 Å². The number of unbranched alkanes of at least 4 members (excludes halogenated alkanes) is 2. The van der Waals surface area contributed by atoms with E-state index in [4.69, 9.17) is 9.79 Å². The third-order valence-electron chi connectivity index (χ3n) is 1.33. The predicted octanol–water partition coefficient (Wildman–Crippen LogP) is -0.526. The summed E-state index contributed by atoms with van der Waals surface area (Å²) in [6.07, 6.45) is 1.08. The van der Waals surface area contributed by atoms with E-state index in [-0.39, 0.29) is 12.6 Å². The Morgan fingerprint density at radius 3 is 2.25 bits per heavy atom. The lowest BCUT2D eigenvalue weighted by Gasteiger charge is -2.03. The molecule has 0 aliphatic carbocycles. The van der Waals surface area contributed by atoms with Crippen LogP contribution >= 0.6 is 7.60 Å². The van der Waals surface area contributed by atoms with Gasteiger partial charge in [0.1, 0.15) is 0 Å². The lowest BCUT2D eigenvalue weighted by Crippen LogP contribution is -2.21. The number of carboxylic acid groups (broad SMARTS) is 1. The van der Waals surface area contributed by atoms with Gasteiger partial charge in [0.2, 0.25) is 0 Å². The maximum Gasteiger partial charge on any atom is 0.325 e. The summed E-state index contributed by atoms with van der Waals surface area (Å²) < 4.78 is 10.3. The molecule has 0 aliphatic rings. The van der Waals surface area contributed by atoms with Gasteiger partial charge < -0.3 is 19.7 Å². The highest BCUT2D eigenvalue weighted by Crippen LogP contribution is 2.35. The average molecular weight is 195 g/mol. The molecule has 0 radical (unpaired) electrons. The minimum Gasteiger partial charge on any atom is -0.550 e. The van der Waals surface area contributed by atoms with Gasteiger partial charge >= 0.3 is 7.60 Å². The monoisotopic (exact) mass is 195 g/mol. The third-order valence-corrected chi connectivity index (χ3v) is 2.23. The zero-order valence-corrected chi connectivity index (χ0v) is 7.50. The summed E-state index contributed by atoms with van der Waals surface area (Å²) in [4.78, 5) is 26.7. The minimum atomic E-state index is -3.89. The Morgan fingerprint density at radius 1 is 1.25 bits per heavy atom. The molecule has 72 valence electrons. The molecule has 2 N–H and O–H groups in total. The molecule has 0 aromatic heterocycles. The predicted molar refractivity (Wildman–Crippen MR) is 40.4 cm³/mol. The van der Waals surface area contributed by atoms with Gasteiger partial charge in [0.25, 0.3) is 0 Å². The Morgan fingerprint density at radius 2 is 1.83 bits per heavy atom. The van der Waals surface area contributed by atoms with Crippen LogP contribution in [0.15, 0.2) is 0 Å². The quantitative estimate of drug-likeness (QED) is 0.438. The lowest BCUT2D eigenvalue weighted by molar-refractivity contribution is -0.305. The first-order valence-electron chi connectivity index (χ1n) is 3.66. The Hall–Kier alpha value is -0.380. The minimum absolute atomic E-state index is 0.0405. The van der Waals surface area contributed by atoms with Crippen molar-refractivity contribution in [3.8, 4) is 0 Å². The maximum atomic E-state index is 10.3. The molecule has 5 nitrogen and oxygen atoms in total. The molecule has 0 aromatic carbocycles. The highest BCUT2D eigenvalue weighted by molar-refractivity contribution is 7.51. The topological polar surface area (TPSA) is 97.7 Å². The van der Waals surface area contributed by atoms with Crippen LogP contribution in [0.2, 0.25) is 0 Å². The number of carboxylic acids is 1. The third kappa shape index (κ3) is 9.62. The molecule has 12 heavy (non-hydrogen) atoms. The van der Waals surface area contributed by atoms with Crippen molar-refractivity contribution >= 4 is 13.6 Å². The van der Waals surface area contributed by atoms with Gasteiger partial charge in [-0.2, -0.15) is 0 Å². The van der Waals surface area contributed by atoms with Crippen LogP contribution in [0.3, 0.4) is 0 Å². The van der Waals surface area contributed by atoms with E-state index in [1.165, 1.54) is 0 Å². The number of carbonyl (C=O) groups excluding carboxylic acids is 1. The summed E-state index contributed by atoms with van der Waals surface area (Å²) >= 11 is 0. The second kappa shape index (κ2) is 5.30. The first-order chi connectivity index (χ1) is 5.42. The number of hydrogen-bond acceptors (Lipinski definition) is 3. The molecule has 0 saturated carbocycles. The zero-order valence-electron chi connectivity index (χ0n) is 6.60. The smallest absolute Gasteiger partial charge is 0.325 e. The van der Waals surface area contributed by atoms with Gasteiger partial charge in [-0.15, -0.1) is 0 Å². The van der Waals surface area contributed by atoms with E-state index in [1.807, 2.05) is 0 Å². The molecule has 0 unspecified atom stereocenters. The standard InChI is InChI=1S/C6H13O5P/c7-6(8)4-2-1-3-5-12(9,10)11/h1-5H2,(H,7,8)(H2,9,10,11)/p-1. The van der Waals surface area contributed by atoms with Crippen molar-refractivity contribution in [1.82, 2.24) is 0 Å². The summed E-state index contributed by atoms with van der Waals surface area (Å²) in [5, 5.41) is 9.89. The summed E-state index contributed by atoms with van der Waals surface area (Å²) in [5.41, 5.74) is 0. The molecule has 0 fully saturated rings. The number of rotatable bonds is 6. The van der Waals surface area contributed by atoms with Crippen molar-refractivity contribution in [3.63, 3.8) is 0 Å². The first-order valence-corrected chi connectivity index (χ1v) is 5.46. The largest absolute Gasteiger partial charge is 0.550 e. The Kier molecular flexibility index (Phi) is 5.13. The van der Waals surface area contributed by atoms with Crippen LogP contribution in [0.5, 0.6) is 0 Å². The number of carbonyl (C=O) groups is 1. The van der Waals surface area contributed by atoms with Crippen LogP contribution < -0.4 is 5.11 Å². The van der Waals surface area contributed by atoms with Gasteiger partial charge in [0.05, 0.1) is 0 Å². The Balaban J connectivity index is 3.23. The van der Waals surface area contributed by atoms with Crippen molar-refractivity contribution < 1.29 is 24.3 Å². The second-order valence-electron chi connectivity index (χ2n) is 2.57. The van der Waals surface area contributed by atoms with Gasteiger partial charge in [-0.05, 0) is 19.3 Å². The van der Waals surface area contributed by atoms with Gasteiger partial charge in [-0.3, -0.25) is 4.57 Å². The first kappa shape index (κ1) is 11.6.